The highest BCUT2D eigenvalue weighted by Gasteiger charge is 2.12. The molecule has 0 saturated carbocycles. The SMILES string of the molecule is O=C1CCn2nccc2N1.[HH]. The van der Waals surface area contributed by atoms with Crippen molar-refractivity contribution >= 4 is 11.7 Å². The molecule has 1 aliphatic heterocycles. The fourth-order valence-corrected chi connectivity index (χ4v) is 1.03. The average Bonchev–Trinajstić information content (AvgIpc) is 2.33. The van der Waals surface area contributed by atoms with E-state index in [1.54, 1.807) is 16.9 Å². The van der Waals surface area contributed by atoms with Gasteiger partial charge in [0.05, 0.1) is 12.7 Å². The van der Waals surface area contributed by atoms with Crippen LogP contribution in [0.1, 0.15) is 7.85 Å². The molecule has 4 heteroatoms. The number of carbonyl (C=O) groups excluding carboxylic acids is 1. The summed E-state index contributed by atoms with van der Waals surface area (Å²) in [4.78, 5) is 10.8. The van der Waals surface area contributed by atoms with Crippen molar-refractivity contribution in [2.24, 2.45) is 0 Å². The molecule has 0 fully saturated rings. The van der Waals surface area contributed by atoms with Gasteiger partial charge in [-0.25, -0.2) is 4.68 Å². The molecule has 2 rings (SSSR count). The van der Waals surface area contributed by atoms with Crippen molar-refractivity contribution in [3.8, 4) is 0 Å². The molecule has 1 amide bonds. The third kappa shape index (κ3) is 0.689. The summed E-state index contributed by atoms with van der Waals surface area (Å²) in [6.07, 6.45) is 2.22. The summed E-state index contributed by atoms with van der Waals surface area (Å²) in [6, 6.07) is 1.79. The van der Waals surface area contributed by atoms with Crippen LogP contribution in [0.4, 0.5) is 5.82 Å². The van der Waals surface area contributed by atoms with Crippen molar-refractivity contribution in [1.29, 1.82) is 0 Å². The number of aryl methyl sites for hydroxylation is 1. The quantitative estimate of drug-likeness (QED) is 0.568. The molecular formula is C6H9N3O. The topological polar surface area (TPSA) is 46.9 Å². The van der Waals surface area contributed by atoms with E-state index < -0.39 is 0 Å². The van der Waals surface area contributed by atoms with E-state index in [2.05, 4.69) is 10.4 Å². The first-order valence-electron chi connectivity index (χ1n) is 3.18. The van der Waals surface area contributed by atoms with Gasteiger partial charge < -0.3 is 5.32 Å². The van der Waals surface area contributed by atoms with Gasteiger partial charge in [-0.1, -0.05) is 0 Å². The Hall–Kier alpha value is -1.32. The third-order valence-electron chi connectivity index (χ3n) is 1.53. The van der Waals surface area contributed by atoms with E-state index in [9.17, 15) is 4.79 Å². The second-order valence-electron chi connectivity index (χ2n) is 2.24. The van der Waals surface area contributed by atoms with Crippen LogP contribution in [0.2, 0.25) is 0 Å². The van der Waals surface area contributed by atoms with E-state index in [-0.39, 0.29) is 7.33 Å². The molecule has 0 spiro atoms. The number of fused-ring (bicyclic) bond motifs is 1. The fourth-order valence-electron chi connectivity index (χ4n) is 1.03. The van der Waals surface area contributed by atoms with E-state index in [0.29, 0.717) is 13.0 Å². The molecule has 1 aliphatic rings. The molecule has 4 nitrogen and oxygen atoms in total. The van der Waals surface area contributed by atoms with Crippen LogP contribution in [-0.2, 0) is 11.3 Å². The highest BCUT2D eigenvalue weighted by molar-refractivity contribution is 5.90. The van der Waals surface area contributed by atoms with E-state index in [0.717, 1.165) is 5.82 Å². The summed E-state index contributed by atoms with van der Waals surface area (Å²) in [5.74, 6) is 0.879. The molecule has 10 heavy (non-hydrogen) atoms. The van der Waals surface area contributed by atoms with Gasteiger partial charge in [0.15, 0.2) is 0 Å². The minimum absolute atomic E-state index is 0. The molecule has 1 N–H and O–H groups in total. The average molecular weight is 139 g/mol. The normalized spacial score (nSPS) is 16.2. The number of hydrogen-bond donors (Lipinski definition) is 1. The molecule has 0 atom stereocenters. The summed E-state index contributed by atoms with van der Waals surface area (Å²) in [5, 5.41) is 6.69. The maximum atomic E-state index is 10.8. The van der Waals surface area contributed by atoms with Gasteiger partial charge in [-0.2, -0.15) is 5.10 Å². The molecular weight excluding hydrogens is 130 g/mol. The molecule has 1 aromatic heterocycles. The Labute approximate surface area is 59.3 Å². The zero-order valence-electron chi connectivity index (χ0n) is 5.37. The highest BCUT2D eigenvalue weighted by atomic mass is 16.1. The largest absolute Gasteiger partial charge is 0.311 e. The van der Waals surface area contributed by atoms with Crippen molar-refractivity contribution in [1.82, 2.24) is 9.78 Å². The Morgan fingerprint density at radius 1 is 1.80 bits per heavy atom. The van der Waals surface area contributed by atoms with E-state index >= 15 is 0 Å². The first-order chi connectivity index (χ1) is 4.86. The second-order valence-corrected chi connectivity index (χ2v) is 2.24. The van der Waals surface area contributed by atoms with Gasteiger partial charge in [-0.15, -0.1) is 0 Å². The van der Waals surface area contributed by atoms with Crippen molar-refractivity contribution in [2.75, 3.05) is 5.32 Å². The summed E-state index contributed by atoms with van der Waals surface area (Å²) in [7, 11) is 0. The molecule has 0 unspecified atom stereocenters. The van der Waals surface area contributed by atoms with Crippen LogP contribution in [0.3, 0.4) is 0 Å². The van der Waals surface area contributed by atoms with Gasteiger partial charge in [-0.3, -0.25) is 4.79 Å². The first kappa shape index (κ1) is 5.46. The summed E-state index contributed by atoms with van der Waals surface area (Å²) in [5.41, 5.74) is 0. The molecule has 54 valence electrons. The Morgan fingerprint density at radius 3 is 3.60 bits per heavy atom. The highest BCUT2D eigenvalue weighted by Crippen LogP contribution is 2.11. The van der Waals surface area contributed by atoms with Gasteiger partial charge in [0.25, 0.3) is 0 Å². The number of aromatic nitrogens is 2. The molecule has 0 bridgehead atoms. The predicted octanol–water partition coefficient (Wildman–Crippen LogP) is 0.471. The zero-order chi connectivity index (χ0) is 6.97. The molecule has 0 aliphatic carbocycles. The van der Waals surface area contributed by atoms with Crippen molar-refractivity contribution < 1.29 is 6.22 Å². The van der Waals surface area contributed by atoms with Crippen molar-refractivity contribution in [3.63, 3.8) is 0 Å². The number of anilines is 1. The number of nitrogens with one attached hydrogen (secondary N) is 1. The van der Waals surface area contributed by atoms with Crippen LogP contribution < -0.4 is 5.32 Å². The Balaban J connectivity index is 0.000000605. The lowest BCUT2D eigenvalue weighted by Gasteiger charge is -2.13. The monoisotopic (exact) mass is 139 g/mol. The maximum absolute atomic E-state index is 10.8. The minimum Gasteiger partial charge on any atom is -0.311 e. The maximum Gasteiger partial charge on any atom is 0.227 e. The lowest BCUT2D eigenvalue weighted by Crippen LogP contribution is -2.23. The van der Waals surface area contributed by atoms with Crippen LogP contribution in [-0.4, -0.2) is 15.7 Å². The molecule has 1 aromatic rings. The van der Waals surface area contributed by atoms with Crippen LogP contribution in [0.5, 0.6) is 0 Å². The van der Waals surface area contributed by atoms with Gasteiger partial charge >= 0.3 is 0 Å². The van der Waals surface area contributed by atoms with Crippen LogP contribution in [0.25, 0.3) is 0 Å². The second kappa shape index (κ2) is 1.83. The van der Waals surface area contributed by atoms with E-state index in [1.807, 2.05) is 0 Å². The number of carbonyl (C=O) groups is 1. The van der Waals surface area contributed by atoms with Gasteiger partial charge in [-0.05, 0) is 0 Å². The fraction of sp³-hybridized carbons (Fsp3) is 0.333. The standard InChI is InChI=1S/C6H7N3O.H2/c10-6-2-4-9-5(8-6)1-3-7-9;/h1,3H,2,4H2,(H,8,10);1H. The lowest BCUT2D eigenvalue weighted by atomic mass is 10.3. The van der Waals surface area contributed by atoms with E-state index in [1.165, 1.54) is 0 Å². The lowest BCUT2D eigenvalue weighted by molar-refractivity contribution is -0.116. The molecule has 0 radical (unpaired) electrons. The van der Waals surface area contributed by atoms with Crippen molar-refractivity contribution in [2.45, 2.75) is 13.0 Å². The predicted molar refractivity (Wildman–Crippen MR) is 37.6 cm³/mol. The Morgan fingerprint density at radius 2 is 2.70 bits per heavy atom. The Bertz CT molecular complexity index is 271. The number of hydrogen-bond acceptors (Lipinski definition) is 2. The molecule has 0 aromatic carbocycles. The zero-order valence-corrected chi connectivity index (χ0v) is 5.37. The summed E-state index contributed by atoms with van der Waals surface area (Å²) < 4.78 is 1.78. The summed E-state index contributed by atoms with van der Waals surface area (Å²) >= 11 is 0. The van der Waals surface area contributed by atoms with Crippen LogP contribution >= 0.6 is 0 Å². The number of nitrogens with zero attached hydrogens (tertiary/aromatic N) is 2. The van der Waals surface area contributed by atoms with Gasteiger partial charge in [0.2, 0.25) is 5.91 Å². The first-order valence-corrected chi connectivity index (χ1v) is 3.18. The Kier molecular flexibility index (Phi) is 1.00. The summed E-state index contributed by atoms with van der Waals surface area (Å²) in [6.45, 7) is 0.703. The number of amides is 1. The van der Waals surface area contributed by atoms with E-state index in [4.69, 9.17) is 0 Å². The number of rotatable bonds is 0. The smallest absolute Gasteiger partial charge is 0.227 e. The minimum atomic E-state index is 0. The molecule has 2 heterocycles. The van der Waals surface area contributed by atoms with Crippen LogP contribution in [0.15, 0.2) is 12.3 Å². The third-order valence-corrected chi connectivity index (χ3v) is 1.53. The van der Waals surface area contributed by atoms with Gasteiger partial charge in [0, 0.05) is 13.9 Å². The van der Waals surface area contributed by atoms with Gasteiger partial charge in [0.1, 0.15) is 5.82 Å². The van der Waals surface area contributed by atoms with Crippen LogP contribution in [0, 0.1) is 0 Å². The molecule has 0 saturated heterocycles. The van der Waals surface area contributed by atoms with Crippen molar-refractivity contribution in [3.05, 3.63) is 12.3 Å².